The van der Waals surface area contributed by atoms with Crippen LogP contribution in [0.25, 0.3) is 0 Å². The number of aromatic nitrogens is 2. The number of esters is 1. The number of carbonyl (C=O) groups excluding carboxylic acids is 2. The Labute approximate surface area is 173 Å². The minimum atomic E-state index is -0.640. The first-order valence-electron chi connectivity index (χ1n) is 9.01. The van der Waals surface area contributed by atoms with Crippen LogP contribution in [-0.4, -0.2) is 41.0 Å². The molecule has 0 unspecified atom stereocenters. The Morgan fingerprint density at radius 1 is 1.29 bits per heavy atom. The third kappa shape index (κ3) is 6.20. The molecule has 2 aromatic rings. The van der Waals surface area contributed by atoms with E-state index in [0.29, 0.717) is 9.47 Å². The van der Waals surface area contributed by atoms with Gasteiger partial charge < -0.3 is 15.4 Å². The second-order valence-corrected chi connectivity index (χ2v) is 8.76. The molecule has 1 amide bonds. The van der Waals surface area contributed by atoms with Crippen molar-refractivity contribution in [3.05, 3.63) is 29.3 Å². The van der Waals surface area contributed by atoms with E-state index in [1.807, 2.05) is 39.8 Å². The van der Waals surface area contributed by atoms with E-state index in [1.54, 1.807) is 0 Å². The van der Waals surface area contributed by atoms with Crippen molar-refractivity contribution >= 4 is 45.8 Å². The molecule has 2 rings (SSSR count). The molecule has 28 heavy (non-hydrogen) atoms. The lowest BCUT2D eigenvalue weighted by Crippen LogP contribution is -2.46. The molecule has 0 aliphatic carbocycles. The first-order valence-corrected chi connectivity index (χ1v) is 10.8. The number of aryl methyl sites for hydroxylation is 2. The van der Waals surface area contributed by atoms with E-state index in [9.17, 15) is 9.59 Å². The van der Waals surface area contributed by atoms with Gasteiger partial charge >= 0.3 is 5.97 Å². The van der Waals surface area contributed by atoms with E-state index in [0.717, 1.165) is 17.7 Å². The van der Waals surface area contributed by atoms with Gasteiger partial charge in [0.05, 0.1) is 12.9 Å². The summed E-state index contributed by atoms with van der Waals surface area (Å²) in [5.74, 6) is -0.512. The summed E-state index contributed by atoms with van der Waals surface area (Å²) in [5.41, 5.74) is 3.30. The number of nitrogens with zero attached hydrogens (tertiary/aromatic N) is 2. The highest BCUT2D eigenvalue weighted by Gasteiger charge is 2.26. The Balaban J connectivity index is 1.90. The molecule has 2 atom stereocenters. The van der Waals surface area contributed by atoms with E-state index in [2.05, 4.69) is 26.9 Å². The molecule has 0 saturated heterocycles. The van der Waals surface area contributed by atoms with Gasteiger partial charge in [-0.25, -0.2) is 4.79 Å². The smallest absolute Gasteiger partial charge is 0.328 e. The number of methoxy groups -OCH3 is 1. The summed E-state index contributed by atoms with van der Waals surface area (Å²) < 4.78 is 5.47. The molecule has 7 nitrogen and oxygen atoms in total. The molecule has 0 saturated carbocycles. The molecule has 1 aromatic carbocycles. The van der Waals surface area contributed by atoms with Crippen LogP contribution in [0.5, 0.6) is 0 Å². The quantitative estimate of drug-likeness (QED) is 0.470. The molecule has 0 fully saturated rings. The van der Waals surface area contributed by atoms with Crippen LogP contribution < -0.4 is 10.6 Å². The van der Waals surface area contributed by atoms with Crippen LogP contribution in [0.1, 0.15) is 31.4 Å². The highest BCUT2D eigenvalue weighted by atomic mass is 32.2. The van der Waals surface area contributed by atoms with Crippen molar-refractivity contribution in [2.45, 2.75) is 44.5 Å². The molecular formula is C19H26N4O3S2. The molecule has 152 valence electrons. The summed E-state index contributed by atoms with van der Waals surface area (Å²) in [7, 11) is 1.32. The Hall–Kier alpha value is -2.13. The number of thioether (sulfide) groups is 1. The first-order chi connectivity index (χ1) is 13.3. The Morgan fingerprint density at radius 3 is 2.68 bits per heavy atom. The van der Waals surface area contributed by atoms with Crippen molar-refractivity contribution in [2.75, 3.05) is 18.2 Å². The van der Waals surface area contributed by atoms with Gasteiger partial charge in [-0.05, 0) is 31.4 Å². The predicted octanol–water partition coefficient (Wildman–Crippen LogP) is 3.69. The maximum atomic E-state index is 12.2. The average Bonchev–Trinajstić information content (AvgIpc) is 3.13. The highest BCUT2D eigenvalue weighted by Crippen LogP contribution is 2.29. The first kappa shape index (κ1) is 22.2. The Kier molecular flexibility index (Phi) is 8.25. The molecule has 0 aliphatic rings. The molecule has 1 aromatic heterocycles. The van der Waals surface area contributed by atoms with Crippen molar-refractivity contribution < 1.29 is 14.3 Å². The van der Waals surface area contributed by atoms with Crippen LogP contribution in [0.2, 0.25) is 0 Å². The van der Waals surface area contributed by atoms with Crippen molar-refractivity contribution in [1.29, 1.82) is 0 Å². The minimum Gasteiger partial charge on any atom is -0.467 e. The lowest BCUT2D eigenvalue weighted by Gasteiger charge is -2.21. The topological polar surface area (TPSA) is 93.2 Å². The summed E-state index contributed by atoms with van der Waals surface area (Å²) in [6.07, 6.45) is 0.761. The maximum absolute atomic E-state index is 12.2. The fourth-order valence-corrected chi connectivity index (χ4v) is 4.10. The van der Waals surface area contributed by atoms with Crippen LogP contribution in [-0.2, 0) is 14.3 Å². The van der Waals surface area contributed by atoms with Crippen LogP contribution >= 0.6 is 23.1 Å². The summed E-state index contributed by atoms with van der Waals surface area (Å²) in [4.78, 5) is 24.1. The van der Waals surface area contributed by atoms with Gasteiger partial charge in [-0.15, -0.1) is 10.2 Å². The van der Waals surface area contributed by atoms with Crippen molar-refractivity contribution in [2.24, 2.45) is 5.92 Å². The number of ether oxygens (including phenoxy) is 1. The largest absolute Gasteiger partial charge is 0.467 e. The van der Waals surface area contributed by atoms with E-state index in [1.165, 1.54) is 35.8 Å². The molecule has 0 aliphatic heterocycles. The number of carbonyl (C=O) groups is 2. The molecule has 9 heteroatoms. The van der Waals surface area contributed by atoms with Gasteiger partial charge in [0.2, 0.25) is 11.0 Å². The van der Waals surface area contributed by atoms with Gasteiger partial charge in [0, 0.05) is 5.69 Å². The normalized spacial score (nSPS) is 12.9. The summed E-state index contributed by atoms with van der Waals surface area (Å²) in [6, 6.07) is 5.50. The monoisotopic (exact) mass is 422 g/mol. The van der Waals surface area contributed by atoms with Crippen LogP contribution in [0.15, 0.2) is 22.5 Å². The predicted molar refractivity (Wildman–Crippen MR) is 113 cm³/mol. The van der Waals surface area contributed by atoms with Crippen LogP contribution in [0.3, 0.4) is 0 Å². The van der Waals surface area contributed by atoms with Crippen molar-refractivity contribution in [3.8, 4) is 0 Å². The fraction of sp³-hybridized carbons (Fsp3) is 0.474. The lowest BCUT2D eigenvalue weighted by molar-refractivity contribution is -0.146. The average molecular weight is 423 g/mol. The van der Waals surface area contributed by atoms with Gasteiger partial charge in [0.25, 0.3) is 0 Å². The standard InChI is InChI=1S/C19H26N4O3S2/c1-6-12(3)16(17(25)26-5)21-15(24)10-27-19-23-22-18(28-19)20-14-8-7-11(2)9-13(14)4/h7-9,12,16H,6,10H2,1-5H3,(H,20,22)(H,21,24)/t12-,16-/m0/s1. The lowest BCUT2D eigenvalue weighted by atomic mass is 9.99. The SMILES string of the molecule is CC[C@H](C)[C@H](NC(=O)CSc1nnc(Nc2ccc(C)cc2C)s1)C(=O)OC. The third-order valence-electron chi connectivity index (χ3n) is 4.34. The summed E-state index contributed by atoms with van der Waals surface area (Å²) in [6.45, 7) is 7.96. The zero-order valence-corrected chi connectivity index (χ0v) is 18.4. The second kappa shape index (κ2) is 10.4. The molecule has 0 spiro atoms. The number of amides is 1. The minimum absolute atomic E-state index is 0.00326. The number of hydrogen-bond donors (Lipinski definition) is 2. The van der Waals surface area contributed by atoms with E-state index in [4.69, 9.17) is 4.74 Å². The van der Waals surface area contributed by atoms with Gasteiger partial charge in [-0.3, -0.25) is 4.79 Å². The summed E-state index contributed by atoms with van der Waals surface area (Å²) >= 11 is 2.67. The second-order valence-electron chi connectivity index (χ2n) is 6.56. The van der Waals surface area contributed by atoms with Gasteiger partial charge in [-0.2, -0.15) is 0 Å². The molecule has 2 N–H and O–H groups in total. The number of hydrogen-bond acceptors (Lipinski definition) is 8. The van der Waals surface area contributed by atoms with Gasteiger partial charge in [0.15, 0.2) is 4.34 Å². The molecule has 1 heterocycles. The van der Waals surface area contributed by atoms with Crippen molar-refractivity contribution in [3.63, 3.8) is 0 Å². The van der Waals surface area contributed by atoms with Gasteiger partial charge in [-0.1, -0.05) is 61.1 Å². The fourth-order valence-electron chi connectivity index (χ4n) is 2.53. The molecule has 0 radical (unpaired) electrons. The van der Waals surface area contributed by atoms with E-state index < -0.39 is 12.0 Å². The zero-order chi connectivity index (χ0) is 20.7. The van der Waals surface area contributed by atoms with E-state index >= 15 is 0 Å². The van der Waals surface area contributed by atoms with Gasteiger partial charge in [0.1, 0.15) is 6.04 Å². The number of rotatable bonds is 9. The van der Waals surface area contributed by atoms with Crippen LogP contribution in [0.4, 0.5) is 10.8 Å². The zero-order valence-electron chi connectivity index (χ0n) is 16.7. The Morgan fingerprint density at radius 2 is 2.04 bits per heavy atom. The molecular weight excluding hydrogens is 396 g/mol. The highest BCUT2D eigenvalue weighted by molar-refractivity contribution is 8.01. The van der Waals surface area contributed by atoms with Crippen molar-refractivity contribution in [1.82, 2.24) is 15.5 Å². The number of anilines is 2. The third-order valence-corrected chi connectivity index (χ3v) is 6.31. The number of benzene rings is 1. The molecule has 0 bridgehead atoms. The summed E-state index contributed by atoms with van der Waals surface area (Å²) in [5, 5.41) is 14.9. The van der Waals surface area contributed by atoms with Crippen LogP contribution in [0, 0.1) is 19.8 Å². The van der Waals surface area contributed by atoms with E-state index in [-0.39, 0.29) is 17.6 Å². The maximum Gasteiger partial charge on any atom is 0.328 e. The number of nitrogens with one attached hydrogen (secondary N) is 2. The Bertz CT molecular complexity index is 825.